The van der Waals surface area contributed by atoms with Crippen LogP contribution < -0.4 is 0 Å². The molecule has 0 aliphatic carbocycles. The summed E-state index contributed by atoms with van der Waals surface area (Å²) in [6.45, 7) is 6.30. The van der Waals surface area contributed by atoms with Gasteiger partial charge in [-0.3, -0.25) is 14.5 Å². The smallest absolute Gasteiger partial charge is 0.245 e. The van der Waals surface area contributed by atoms with Crippen LogP contribution in [0.25, 0.3) is 55.1 Å². The van der Waals surface area contributed by atoms with Gasteiger partial charge in [-0.1, -0.05) is 110 Å². The molecule has 4 atom stereocenters. The number of amides is 2. The molecule has 350 valence electrons. The van der Waals surface area contributed by atoms with Crippen LogP contribution in [0.15, 0.2) is 133 Å². The molecule has 4 aliphatic heterocycles. The van der Waals surface area contributed by atoms with E-state index in [1.165, 1.54) is 36.5 Å². The molecule has 2 aromatic heterocycles. The van der Waals surface area contributed by atoms with Crippen molar-refractivity contribution in [2.45, 2.75) is 88.3 Å². The van der Waals surface area contributed by atoms with Gasteiger partial charge < -0.3 is 24.7 Å². The largest absolute Gasteiger partial charge is 0.340 e. The van der Waals surface area contributed by atoms with Crippen LogP contribution in [-0.2, 0) is 9.59 Å². The topological polar surface area (TPSA) is 104 Å². The molecule has 10 nitrogen and oxygen atoms in total. The second-order valence-electron chi connectivity index (χ2n) is 20.1. The van der Waals surface area contributed by atoms with E-state index in [0.29, 0.717) is 0 Å². The van der Waals surface area contributed by atoms with Crippen molar-refractivity contribution in [2.24, 2.45) is 0 Å². The second kappa shape index (κ2) is 19.1. The van der Waals surface area contributed by atoms with Gasteiger partial charge >= 0.3 is 0 Å². The van der Waals surface area contributed by atoms with Crippen molar-refractivity contribution in [2.75, 3.05) is 45.8 Å². The lowest BCUT2D eigenvalue weighted by Gasteiger charge is -2.37. The minimum Gasteiger partial charge on any atom is -0.340 e. The third-order valence-electron chi connectivity index (χ3n) is 15.7. The summed E-state index contributed by atoms with van der Waals surface area (Å²) in [7, 11) is 0. The molecule has 2 N–H and O–H groups in total. The highest BCUT2D eigenvalue weighted by atomic mass is 16.2. The summed E-state index contributed by atoms with van der Waals surface area (Å²) in [4.78, 5) is 55.8. The van der Waals surface area contributed by atoms with Gasteiger partial charge in [0.05, 0.1) is 40.1 Å². The summed E-state index contributed by atoms with van der Waals surface area (Å²) >= 11 is 0. The number of hydrogen-bond donors (Lipinski definition) is 2. The van der Waals surface area contributed by atoms with Crippen LogP contribution in [0, 0.1) is 0 Å². The summed E-state index contributed by atoms with van der Waals surface area (Å²) < 4.78 is 0. The average Bonchev–Trinajstić information content (AvgIpc) is 4.25. The summed E-state index contributed by atoms with van der Waals surface area (Å²) in [5.41, 5.74) is 10.5. The van der Waals surface area contributed by atoms with Crippen molar-refractivity contribution in [3.63, 3.8) is 0 Å². The van der Waals surface area contributed by atoms with E-state index in [-0.39, 0.29) is 35.9 Å². The molecule has 6 aromatic carbocycles. The van der Waals surface area contributed by atoms with E-state index < -0.39 is 0 Å². The molecule has 4 fully saturated rings. The van der Waals surface area contributed by atoms with Gasteiger partial charge in [0.25, 0.3) is 0 Å². The van der Waals surface area contributed by atoms with Crippen LogP contribution >= 0.6 is 0 Å². The monoisotopic (exact) mass is 914 g/mol. The predicted molar refractivity (Wildman–Crippen MR) is 276 cm³/mol. The minimum absolute atomic E-state index is 0.0730. The Morgan fingerprint density at radius 3 is 1.55 bits per heavy atom. The molecule has 6 heterocycles. The van der Waals surface area contributed by atoms with E-state index in [1.807, 2.05) is 12.1 Å². The van der Waals surface area contributed by atoms with Gasteiger partial charge in [0, 0.05) is 19.6 Å². The first-order valence-corrected chi connectivity index (χ1v) is 25.7. The van der Waals surface area contributed by atoms with Gasteiger partial charge in [0.15, 0.2) is 0 Å². The molecular weight excluding hydrogens is 853 g/mol. The standard InChI is InChI=1S/C59H62N8O2/c68-58(48(41-15-5-1-6-16-41)39-64-29-9-3-10-30-64)66-33-13-19-53(66)56-60-49-27-25-45(37-51(49)62-56)43-23-21-40-22-24-44(36-47(40)35-43)46-26-28-50-52(38-46)63-57(61-50)54-20-14-34-67(54)59(69)55(42-17-7-2-8-18-42)65-31-11-4-12-32-65/h1-2,5-8,15-18,21-28,35-38,48,53-55H,3-4,9-14,19-20,29-34,39H2,(H,60,62)(H,61,63)/t48-,53+,54+,55-/m1/s1. The van der Waals surface area contributed by atoms with Crippen LogP contribution in [0.4, 0.5) is 0 Å². The minimum atomic E-state index is -0.267. The molecule has 69 heavy (non-hydrogen) atoms. The van der Waals surface area contributed by atoms with Gasteiger partial charge in [-0.2, -0.15) is 0 Å². The highest BCUT2D eigenvalue weighted by Crippen LogP contribution is 2.39. The van der Waals surface area contributed by atoms with Crippen molar-refractivity contribution in [3.05, 3.63) is 156 Å². The number of piperidine rings is 2. The zero-order valence-electron chi connectivity index (χ0n) is 39.5. The van der Waals surface area contributed by atoms with Gasteiger partial charge in [0.1, 0.15) is 17.7 Å². The normalized spacial score (nSPS) is 20.3. The Morgan fingerprint density at radius 1 is 0.493 bits per heavy atom. The van der Waals surface area contributed by atoms with Crippen molar-refractivity contribution >= 4 is 44.7 Å². The van der Waals surface area contributed by atoms with E-state index in [0.717, 1.165) is 151 Å². The Kier molecular flexibility index (Phi) is 12.1. The third-order valence-corrected chi connectivity index (χ3v) is 15.7. The van der Waals surface area contributed by atoms with Crippen molar-refractivity contribution in [1.29, 1.82) is 0 Å². The molecule has 4 saturated heterocycles. The molecule has 4 aliphatic rings. The Hall–Kier alpha value is -6.62. The summed E-state index contributed by atoms with van der Waals surface area (Å²) in [6, 6.07) is 46.7. The fourth-order valence-corrected chi connectivity index (χ4v) is 12.1. The highest BCUT2D eigenvalue weighted by Gasteiger charge is 2.40. The lowest BCUT2D eigenvalue weighted by atomic mass is 9.95. The maximum absolute atomic E-state index is 14.6. The van der Waals surface area contributed by atoms with Crippen molar-refractivity contribution in [3.8, 4) is 22.3 Å². The van der Waals surface area contributed by atoms with E-state index in [2.05, 4.69) is 151 Å². The maximum Gasteiger partial charge on any atom is 0.245 e. The number of carbonyl (C=O) groups is 2. The first-order valence-electron chi connectivity index (χ1n) is 25.7. The molecular formula is C59H62N8O2. The summed E-state index contributed by atoms with van der Waals surface area (Å²) in [6.07, 6.45) is 10.9. The first kappa shape index (κ1) is 43.6. The van der Waals surface area contributed by atoms with Crippen LogP contribution in [0.5, 0.6) is 0 Å². The zero-order chi connectivity index (χ0) is 46.3. The van der Waals surface area contributed by atoms with Gasteiger partial charge in [-0.15, -0.1) is 0 Å². The Bertz CT molecular complexity index is 3110. The van der Waals surface area contributed by atoms with Crippen LogP contribution in [0.2, 0.25) is 0 Å². The number of aromatic nitrogens is 4. The summed E-state index contributed by atoms with van der Waals surface area (Å²) in [5, 5.41) is 2.35. The van der Waals surface area contributed by atoms with E-state index in [4.69, 9.17) is 9.97 Å². The van der Waals surface area contributed by atoms with Crippen molar-refractivity contribution in [1.82, 2.24) is 39.5 Å². The predicted octanol–water partition coefficient (Wildman–Crippen LogP) is 11.8. The van der Waals surface area contributed by atoms with E-state index >= 15 is 0 Å². The SMILES string of the molecule is O=C([C@H](CN1CCCCC1)c1ccccc1)N1CCC[C@H]1c1nc2ccc(-c3ccc4ccc(-c5ccc6nc([C@@H]7CCCN7C(=O)[C@@H](c7ccccc7)N7CCCCC7)[nH]c6c5)cc4c3)cc2[nH]1. The Labute approximate surface area is 404 Å². The number of hydrogen-bond acceptors (Lipinski definition) is 6. The number of benzene rings is 6. The third kappa shape index (κ3) is 8.74. The number of likely N-dealkylation sites (tertiary alicyclic amines) is 4. The van der Waals surface area contributed by atoms with Gasteiger partial charge in [-0.25, -0.2) is 9.97 Å². The molecule has 0 saturated carbocycles. The van der Waals surface area contributed by atoms with Crippen LogP contribution in [0.1, 0.15) is 111 Å². The number of aromatic amines is 2. The lowest BCUT2D eigenvalue weighted by molar-refractivity contribution is -0.139. The average molecular weight is 915 g/mol. The summed E-state index contributed by atoms with van der Waals surface area (Å²) in [5.74, 6) is 1.96. The van der Waals surface area contributed by atoms with E-state index in [1.54, 1.807) is 0 Å². The number of carbonyl (C=O) groups excluding carboxylic acids is 2. The molecule has 10 heteroatoms. The Balaban J connectivity index is 0.778. The van der Waals surface area contributed by atoms with Crippen molar-refractivity contribution < 1.29 is 9.59 Å². The molecule has 12 rings (SSSR count). The first-order chi connectivity index (χ1) is 34.0. The molecule has 8 aromatic rings. The van der Waals surface area contributed by atoms with Crippen LogP contribution in [0.3, 0.4) is 0 Å². The number of nitrogens with zero attached hydrogens (tertiary/aromatic N) is 6. The van der Waals surface area contributed by atoms with E-state index in [9.17, 15) is 9.59 Å². The number of nitrogens with one attached hydrogen (secondary N) is 2. The van der Waals surface area contributed by atoms with Crippen LogP contribution in [-0.4, -0.2) is 97.2 Å². The molecule has 0 spiro atoms. The highest BCUT2D eigenvalue weighted by molar-refractivity contribution is 5.93. The number of rotatable bonds is 11. The van der Waals surface area contributed by atoms with Gasteiger partial charge in [0.2, 0.25) is 11.8 Å². The molecule has 2 amide bonds. The number of H-pyrrole nitrogens is 2. The molecule has 0 radical (unpaired) electrons. The zero-order valence-corrected chi connectivity index (χ0v) is 39.5. The fraction of sp³-hybridized carbons (Fsp3) is 0.356. The fourth-order valence-electron chi connectivity index (χ4n) is 12.1. The maximum atomic E-state index is 14.6. The van der Waals surface area contributed by atoms with Gasteiger partial charge in [-0.05, 0) is 158 Å². The number of imidazole rings is 2. The second-order valence-corrected chi connectivity index (χ2v) is 20.1. The Morgan fingerprint density at radius 2 is 0.986 bits per heavy atom. The molecule has 0 bridgehead atoms. The number of fused-ring (bicyclic) bond motifs is 3. The quantitative estimate of drug-likeness (QED) is 0.134. The molecule has 0 unspecified atom stereocenters. The lowest BCUT2D eigenvalue weighted by Crippen LogP contribution is -2.44.